The van der Waals surface area contributed by atoms with Gasteiger partial charge in [-0.15, -0.1) is 0 Å². The number of nitrogens with two attached hydrogens (primary N) is 1. The largest absolute Gasteiger partial charge is 0.331 e. The summed E-state index contributed by atoms with van der Waals surface area (Å²) < 4.78 is 2.01. The first-order chi connectivity index (χ1) is 10.1. The summed E-state index contributed by atoms with van der Waals surface area (Å²) in [6, 6.07) is 7.97. The number of ketones is 1. The molecule has 4 heteroatoms. The summed E-state index contributed by atoms with van der Waals surface area (Å²) in [6.07, 6.45) is 6.35. The fourth-order valence-corrected chi connectivity index (χ4v) is 3.42. The number of aromatic nitrogens is 2. The van der Waals surface area contributed by atoms with Crippen molar-refractivity contribution in [2.75, 3.05) is 0 Å². The fourth-order valence-electron chi connectivity index (χ4n) is 3.42. The number of benzene rings is 1. The highest BCUT2D eigenvalue weighted by molar-refractivity contribution is 5.83. The van der Waals surface area contributed by atoms with E-state index in [9.17, 15) is 4.79 Å². The van der Waals surface area contributed by atoms with Crippen molar-refractivity contribution in [3.63, 3.8) is 0 Å². The van der Waals surface area contributed by atoms with Crippen LogP contribution in [0.25, 0.3) is 11.0 Å². The van der Waals surface area contributed by atoms with E-state index in [1.165, 1.54) is 6.42 Å². The third-order valence-corrected chi connectivity index (χ3v) is 4.63. The van der Waals surface area contributed by atoms with Gasteiger partial charge in [0.05, 0.1) is 17.5 Å². The Balaban J connectivity index is 1.72. The summed E-state index contributed by atoms with van der Waals surface area (Å²) in [7, 11) is 1.97. The third kappa shape index (κ3) is 3.00. The van der Waals surface area contributed by atoms with Crippen LogP contribution in [-0.2, 0) is 18.3 Å². The molecule has 0 radical (unpaired) electrons. The Morgan fingerprint density at radius 3 is 2.71 bits per heavy atom. The predicted molar refractivity (Wildman–Crippen MR) is 84.0 cm³/mol. The van der Waals surface area contributed by atoms with Crippen molar-refractivity contribution >= 4 is 16.8 Å². The average molecular weight is 285 g/mol. The Morgan fingerprint density at radius 1 is 1.29 bits per heavy atom. The number of hydrogen-bond acceptors (Lipinski definition) is 3. The Labute approximate surface area is 125 Å². The van der Waals surface area contributed by atoms with Gasteiger partial charge in [-0.1, -0.05) is 31.4 Å². The van der Waals surface area contributed by atoms with E-state index in [1.54, 1.807) is 0 Å². The molecule has 1 fully saturated rings. The van der Waals surface area contributed by atoms with Crippen LogP contribution in [0.2, 0.25) is 0 Å². The number of nitrogens with zero attached hydrogens (tertiary/aromatic N) is 2. The molecule has 1 heterocycles. The molecular weight excluding hydrogens is 262 g/mol. The van der Waals surface area contributed by atoms with Crippen LogP contribution >= 0.6 is 0 Å². The van der Waals surface area contributed by atoms with Gasteiger partial charge in [-0.3, -0.25) is 4.79 Å². The van der Waals surface area contributed by atoms with E-state index < -0.39 is 0 Å². The Hall–Kier alpha value is -1.68. The van der Waals surface area contributed by atoms with Crippen molar-refractivity contribution in [3.05, 3.63) is 30.1 Å². The molecule has 3 rings (SSSR count). The van der Waals surface area contributed by atoms with Crippen LogP contribution in [-0.4, -0.2) is 20.9 Å². The molecule has 0 atom stereocenters. The molecule has 1 saturated carbocycles. The van der Waals surface area contributed by atoms with E-state index in [1.807, 2.05) is 35.9 Å². The lowest BCUT2D eigenvalue weighted by Crippen LogP contribution is -2.43. The van der Waals surface area contributed by atoms with Crippen LogP contribution in [0.4, 0.5) is 0 Å². The molecule has 1 aromatic heterocycles. The lowest BCUT2D eigenvalue weighted by molar-refractivity contribution is -0.120. The zero-order chi connectivity index (χ0) is 14.9. The molecule has 0 bridgehead atoms. The van der Waals surface area contributed by atoms with Crippen molar-refractivity contribution in [3.8, 4) is 0 Å². The number of rotatable bonds is 4. The van der Waals surface area contributed by atoms with E-state index in [2.05, 4.69) is 4.98 Å². The summed E-state index contributed by atoms with van der Waals surface area (Å²) in [4.78, 5) is 17.0. The number of carbonyl (C=O) groups excluding carboxylic acids is 1. The highest BCUT2D eigenvalue weighted by Gasteiger charge is 2.30. The van der Waals surface area contributed by atoms with Gasteiger partial charge in [0.25, 0.3) is 0 Å². The molecule has 0 unspecified atom stereocenters. The van der Waals surface area contributed by atoms with Crippen LogP contribution in [0.1, 0.15) is 44.3 Å². The minimum Gasteiger partial charge on any atom is -0.331 e. The van der Waals surface area contributed by atoms with Crippen molar-refractivity contribution in [2.45, 2.75) is 50.5 Å². The molecule has 2 N–H and O–H groups in total. The Bertz CT molecular complexity index is 653. The smallest absolute Gasteiger partial charge is 0.142 e. The van der Waals surface area contributed by atoms with Gasteiger partial charge in [0, 0.05) is 19.0 Å². The maximum Gasteiger partial charge on any atom is 0.142 e. The zero-order valence-electron chi connectivity index (χ0n) is 12.6. The molecule has 1 aromatic carbocycles. The highest BCUT2D eigenvalue weighted by atomic mass is 16.1. The van der Waals surface area contributed by atoms with Crippen LogP contribution < -0.4 is 5.73 Å². The fraction of sp³-hybridized carbons (Fsp3) is 0.529. The molecule has 2 aromatic rings. The van der Waals surface area contributed by atoms with Gasteiger partial charge in [-0.2, -0.15) is 0 Å². The standard InChI is InChI=1S/C17H23N3O/c1-20-15-8-4-3-7-14(15)19-16(20)11-13(21)12-17(18)9-5-2-6-10-17/h3-4,7-8H,2,5-6,9-12,18H2,1H3. The van der Waals surface area contributed by atoms with Crippen molar-refractivity contribution in [1.29, 1.82) is 0 Å². The monoisotopic (exact) mass is 285 g/mol. The van der Waals surface area contributed by atoms with Gasteiger partial charge in [-0.05, 0) is 25.0 Å². The normalized spacial score (nSPS) is 18.0. The molecule has 21 heavy (non-hydrogen) atoms. The maximum atomic E-state index is 12.4. The summed E-state index contributed by atoms with van der Waals surface area (Å²) in [5, 5.41) is 0. The van der Waals surface area contributed by atoms with Crippen LogP contribution in [0.3, 0.4) is 0 Å². The SMILES string of the molecule is Cn1c(CC(=O)CC2(N)CCCCC2)nc2ccccc21. The third-order valence-electron chi connectivity index (χ3n) is 4.63. The first-order valence-corrected chi connectivity index (χ1v) is 7.78. The summed E-state index contributed by atoms with van der Waals surface area (Å²) in [6.45, 7) is 0. The average Bonchev–Trinajstić information content (AvgIpc) is 2.76. The van der Waals surface area contributed by atoms with E-state index >= 15 is 0 Å². The van der Waals surface area contributed by atoms with E-state index in [4.69, 9.17) is 5.73 Å². The van der Waals surface area contributed by atoms with Crippen LogP contribution in [0.5, 0.6) is 0 Å². The van der Waals surface area contributed by atoms with Crippen LogP contribution in [0, 0.1) is 0 Å². The Morgan fingerprint density at radius 2 is 2.00 bits per heavy atom. The topological polar surface area (TPSA) is 60.9 Å². The van der Waals surface area contributed by atoms with Crippen molar-refractivity contribution in [2.24, 2.45) is 12.8 Å². The van der Waals surface area contributed by atoms with Crippen molar-refractivity contribution < 1.29 is 4.79 Å². The Kier molecular flexibility index (Phi) is 3.81. The number of fused-ring (bicyclic) bond motifs is 1. The number of carbonyl (C=O) groups is 1. The van der Waals surface area contributed by atoms with E-state index in [-0.39, 0.29) is 11.3 Å². The number of Topliss-reactive ketones (excluding diaryl/α,β-unsaturated/α-hetero) is 1. The molecule has 0 spiro atoms. The lowest BCUT2D eigenvalue weighted by atomic mass is 9.79. The van der Waals surface area contributed by atoms with E-state index in [0.717, 1.165) is 42.5 Å². The predicted octanol–water partition coefficient (Wildman–Crippen LogP) is 2.74. The van der Waals surface area contributed by atoms with Gasteiger partial charge >= 0.3 is 0 Å². The second-order valence-corrected chi connectivity index (χ2v) is 6.39. The van der Waals surface area contributed by atoms with Gasteiger partial charge in [0.15, 0.2) is 0 Å². The molecule has 0 saturated heterocycles. The second kappa shape index (κ2) is 5.60. The number of para-hydroxylation sites is 2. The van der Waals surface area contributed by atoms with Crippen LogP contribution in [0.15, 0.2) is 24.3 Å². The minimum absolute atomic E-state index is 0.206. The van der Waals surface area contributed by atoms with Gasteiger partial charge < -0.3 is 10.3 Å². The van der Waals surface area contributed by atoms with Gasteiger partial charge in [0.2, 0.25) is 0 Å². The first-order valence-electron chi connectivity index (χ1n) is 7.78. The molecule has 0 aliphatic heterocycles. The first kappa shape index (κ1) is 14.3. The molecule has 1 aliphatic carbocycles. The van der Waals surface area contributed by atoms with E-state index in [0.29, 0.717) is 12.8 Å². The number of hydrogen-bond donors (Lipinski definition) is 1. The van der Waals surface area contributed by atoms with Gasteiger partial charge in [-0.25, -0.2) is 4.98 Å². The van der Waals surface area contributed by atoms with Crippen molar-refractivity contribution in [1.82, 2.24) is 9.55 Å². The summed E-state index contributed by atoms with van der Waals surface area (Å²) in [5.41, 5.74) is 8.12. The number of imidazole rings is 1. The minimum atomic E-state index is -0.278. The summed E-state index contributed by atoms with van der Waals surface area (Å²) >= 11 is 0. The quantitative estimate of drug-likeness (QED) is 0.939. The highest BCUT2D eigenvalue weighted by Crippen LogP contribution is 2.29. The zero-order valence-corrected chi connectivity index (χ0v) is 12.6. The number of aryl methyl sites for hydroxylation is 1. The molecule has 112 valence electrons. The second-order valence-electron chi connectivity index (χ2n) is 6.39. The maximum absolute atomic E-state index is 12.4. The van der Waals surface area contributed by atoms with Gasteiger partial charge in [0.1, 0.15) is 11.6 Å². The molecule has 0 amide bonds. The molecule has 4 nitrogen and oxygen atoms in total. The lowest BCUT2D eigenvalue weighted by Gasteiger charge is -2.32. The molecule has 1 aliphatic rings. The molecular formula is C17H23N3O. The summed E-state index contributed by atoms with van der Waals surface area (Å²) in [5.74, 6) is 1.04.